The second-order valence-electron chi connectivity index (χ2n) is 6.29. The number of carbonyl (C=O) groups is 1. The van der Waals surface area contributed by atoms with Gasteiger partial charge in [-0.15, -0.1) is 0 Å². The maximum Gasteiger partial charge on any atom is 0.254 e. The third-order valence-corrected chi connectivity index (χ3v) is 4.07. The summed E-state index contributed by atoms with van der Waals surface area (Å²) in [6.07, 6.45) is 0.0234. The van der Waals surface area contributed by atoms with Crippen LogP contribution >= 0.6 is 0 Å². The van der Waals surface area contributed by atoms with Crippen LogP contribution in [-0.2, 0) is 0 Å². The number of pyridine rings is 1. The monoisotopic (exact) mass is 313 g/mol. The van der Waals surface area contributed by atoms with Gasteiger partial charge in [-0.3, -0.25) is 4.79 Å². The van der Waals surface area contributed by atoms with Crippen LogP contribution in [0.25, 0.3) is 10.9 Å². The zero-order valence-corrected chi connectivity index (χ0v) is 14.0. The maximum absolute atomic E-state index is 13.0. The molecule has 0 unspecified atom stereocenters. The van der Waals surface area contributed by atoms with Crippen molar-refractivity contribution in [1.29, 1.82) is 0 Å². The Morgan fingerprint density at radius 1 is 1.17 bits per heavy atom. The zero-order chi connectivity index (χ0) is 16.4. The predicted octanol–water partition coefficient (Wildman–Crippen LogP) is 2.41. The molecule has 1 aromatic heterocycles. The van der Waals surface area contributed by atoms with Crippen molar-refractivity contribution < 1.29 is 9.53 Å². The van der Waals surface area contributed by atoms with Crippen LogP contribution in [0, 0.1) is 0 Å². The first-order valence-corrected chi connectivity index (χ1v) is 8.09. The van der Waals surface area contributed by atoms with Crippen molar-refractivity contribution in [3.05, 3.63) is 35.9 Å². The Kier molecular flexibility index (Phi) is 4.48. The first-order chi connectivity index (χ1) is 11.0. The standard InChI is InChI=1S/C18H23N3O2/c1-13(2)23-17-12-15(14-6-4-5-7-16(14)19-17)18(22)21-10-8-20(3)9-11-21/h4-7,12-13H,8-11H2,1-3H3. The Bertz CT molecular complexity index is 706. The third-order valence-electron chi connectivity index (χ3n) is 4.07. The second kappa shape index (κ2) is 6.54. The Balaban J connectivity index is 1.99. The molecule has 0 atom stereocenters. The van der Waals surface area contributed by atoms with Crippen molar-refractivity contribution in [2.24, 2.45) is 0 Å². The number of ether oxygens (including phenoxy) is 1. The van der Waals surface area contributed by atoms with Gasteiger partial charge in [0.1, 0.15) is 0 Å². The van der Waals surface area contributed by atoms with Gasteiger partial charge in [-0.2, -0.15) is 0 Å². The molecule has 1 aliphatic rings. The second-order valence-corrected chi connectivity index (χ2v) is 6.29. The summed E-state index contributed by atoms with van der Waals surface area (Å²) in [4.78, 5) is 21.7. The minimum Gasteiger partial charge on any atom is -0.475 e. The number of likely N-dealkylation sites (N-methyl/N-ethyl adjacent to an activating group) is 1. The molecule has 0 N–H and O–H groups in total. The SMILES string of the molecule is CC(C)Oc1cc(C(=O)N2CCN(C)CC2)c2ccccc2n1. The van der Waals surface area contributed by atoms with E-state index in [1.807, 2.05) is 43.0 Å². The van der Waals surface area contributed by atoms with E-state index in [0.717, 1.165) is 37.1 Å². The van der Waals surface area contributed by atoms with E-state index >= 15 is 0 Å². The molecule has 2 aromatic rings. The van der Waals surface area contributed by atoms with Crippen molar-refractivity contribution in [2.75, 3.05) is 33.2 Å². The maximum atomic E-state index is 13.0. The molecule has 23 heavy (non-hydrogen) atoms. The van der Waals surface area contributed by atoms with E-state index in [4.69, 9.17) is 4.74 Å². The summed E-state index contributed by atoms with van der Waals surface area (Å²) >= 11 is 0. The number of para-hydroxylation sites is 1. The number of fused-ring (bicyclic) bond motifs is 1. The number of amides is 1. The molecule has 5 nitrogen and oxygen atoms in total. The van der Waals surface area contributed by atoms with Gasteiger partial charge in [-0.25, -0.2) is 4.98 Å². The zero-order valence-electron chi connectivity index (χ0n) is 14.0. The van der Waals surface area contributed by atoms with Crippen molar-refractivity contribution in [3.63, 3.8) is 0 Å². The number of piperazine rings is 1. The fraction of sp³-hybridized carbons (Fsp3) is 0.444. The lowest BCUT2D eigenvalue weighted by Gasteiger charge is -2.32. The van der Waals surface area contributed by atoms with Crippen LogP contribution in [0.2, 0.25) is 0 Å². The van der Waals surface area contributed by atoms with Gasteiger partial charge in [0.2, 0.25) is 5.88 Å². The molecule has 1 saturated heterocycles. The van der Waals surface area contributed by atoms with E-state index in [0.29, 0.717) is 11.4 Å². The Morgan fingerprint density at radius 2 is 1.87 bits per heavy atom. The van der Waals surface area contributed by atoms with Gasteiger partial charge in [0, 0.05) is 37.6 Å². The van der Waals surface area contributed by atoms with Gasteiger partial charge < -0.3 is 14.5 Å². The highest BCUT2D eigenvalue weighted by molar-refractivity contribution is 6.06. The number of carbonyl (C=O) groups excluding carboxylic acids is 1. The first kappa shape index (κ1) is 15.7. The van der Waals surface area contributed by atoms with Crippen LogP contribution in [0.1, 0.15) is 24.2 Å². The fourth-order valence-electron chi connectivity index (χ4n) is 2.81. The van der Waals surface area contributed by atoms with E-state index in [2.05, 4.69) is 16.9 Å². The molecule has 0 saturated carbocycles. The lowest BCUT2D eigenvalue weighted by atomic mass is 10.1. The van der Waals surface area contributed by atoms with E-state index in [9.17, 15) is 4.79 Å². The van der Waals surface area contributed by atoms with E-state index in [-0.39, 0.29) is 12.0 Å². The topological polar surface area (TPSA) is 45.7 Å². The van der Waals surface area contributed by atoms with Gasteiger partial charge >= 0.3 is 0 Å². The lowest BCUT2D eigenvalue weighted by molar-refractivity contribution is 0.0665. The molecule has 1 aromatic carbocycles. The van der Waals surface area contributed by atoms with Crippen molar-refractivity contribution >= 4 is 16.8 Å². The summed E-state index contributed by atoms with van der Waals surface area (Å²) in [5, 5.41) is 0.882. The number of benzene rings is 1. The third kappa shape index (κ3) is 3.45. The van der Waals surface area contributed by atoms with Crippen LogP contribution < -0.4 is 4.74 Å². The molecule has 122 valence electrons. The van der Waals surface area contributed by atoms with Crippen molar-refractivity contribution in [3.8, 4) is 5.88 Å². The summed E-state index contributed by atoms with van der Waals surface area (Å²) < 4.78 is 5.73. The van der Waals surface area contributed by atoms with Gasteiger partial charge in [-0.1, -0.05) is 18.2 Å². The fourth-order valence-corrected chi connectivity index (χ4v) is 2.81. The largest absolute Gasteiger partial charge is 0.475 e. The highest BCUT2D eigenvalue weighted by Crippen LogP contribution is 2.24. The van der Waals surface area contributed by atoms with E-state index in [1.165, 1.54) is 0 Å². The van der Waals surface area contributed by atoms with Gasteiger partial charge in [0.15, 0.2) is 0 Å². The molecule has 1 aliphatic heterocycles. The van der Waals surface area contributed by atoms with Crippen LogP contribution in [0.4, 0.5) is 0 Å². The summed E-state index contributed by atoms with van der Waals surface area (Å²) in [6.45, 7) is 7.24. The highest BCUT2D eigenvalue weighted by Gasteiger charge is 2.23. The predicted molar refractivity (Wildman–Crippen MR) is 90.9 cm³/mol. The van der Waals surface area contributed by atoms with Crippen LogP contribution in [0.3, 0.4) is 0 Å². The van der Waals surface area contributed by atoms with E-state index in [1.54, 1.807) is 6.07 Å². The van der Waals surface area contributed by atoms with Crippen LogP contribution in [0.5, 0.6) is 5.88 Å². The normalized spacial score (nSPS) is 16.1. The van der Waals surface area contributed by atoms with Gasteiger partial charge in [-0.05, 0) is 27.0 Å². The molecule has 3 rings (SSSR count). The summed E-state index contributed by atoms with van der Waals surface area (Å²) in [7, 11) is 2.08. The summed E-state index contributed by atoms with van der Waals surface area (Å²) in [6, 6.07) is 9.52. The van der Waals surface area contributed by atoms with Crippen molar-refractivity contribution in [2.45, 2.75) is 20.0 Å². The van der Waals surface area contributed by atoms with Gasteiger partial charge in [0.25, 0.3) is 5.91 Å². The average molecular weight is 313 g/mol. The van der Waals surface area contributed by atoms with Crippen LogP contribution in [0.15, 0.2) is 30.3 Å². The molecule has 0 aliphatic carbocycles. The van der Waals surface area contributed by atoms with E-state index < -0.39 is 0 Å². The molecular formula is C18H23N3O2. The quantitative estimate of drug-likeness (QED) is 0.873. The number of rotatable bonds is 3. The molecule has 0 spiro atoms. The lowest BCUT2D eigenvalue weighted by Crippen LogP contribution is -2.47. The molecule has 5 heteroatoms. The first-order valence-electron chi connectivity index (χ1n) is 8.09. The number of nitrogens with zero attached hydrogens (tertiary/aromatic N) is 3. The highest BCUT2D eigenvalue weighted by atomic mass is 16.5. The Labute approximate surface area is 136 Å². The average Bonchev–Trinajstić information content (AvgIpc) is 2.53. The molecular weight excluding hydrogens is 290 g/mol. The molecule has 0 radical (unpaired) electrons. The minimum absolute atomic E-state index is 0.0234. The summed E-state index contributed by atoms with van der Waals surface area (Å²) in [5.74, 6) is 0.571. The van der Waals surface area contributed by atoms with Gasteiger partial charge in [0.05, 0.1) is 17.2 Å². The molecule has 1 amide bonds. The van der Waals surface area contributed by atoms with Crippen LogP contribution in [-0.4, -0.2) is 60.0 Å². The molecule has 0 bridgehead atoms. The number of aromatic nitrogens is 1. The minimum atomic E-state index is 0.0234. The number of hydrogen-bond acceptors (Lipinski definition) is 4. The smallest absolute Gasteiger partial charge is 0.254 e. The van der Waals surface area contributed by atoms with Crippen molar-refractivity contribution in [1.82, 2.24) is 14.8 Å². The Morgan fingerprint density at radius 3 is 2.57 bits per heavy atom. The molecule has 2 heterocycles. The Hall–Kier alpha value is -2.14. The molecule has 1 fully saturated rings. The number of hydrogen-bond donors (Lipinski definition) is 0. The summed E-state index contributed by atoms with van der Waals surface area (Å²) in [5.41, 5.74) is 1.47.